The second-order valence-electron chi connectivity index (χ2n) is 6.82. The number of nitrogens with one attached hydrogen (secondary N) is 2. The number of hydrogen-bond acceptors (Lipinski definition) is 6. The number of aromatic amines is 1. The maximum Gasteiger partial charge on any atom is 0.258 e. The third-order valence-electron chi connectivity index (χ3n) is 4.68. The zero-order valence-corrected chi connectivity index (χ0v) is 17.2. The number of para-hydroxylation sites is 2. The SMILES string of the molecule is COCCN(CC(=O)NCc1ccccc1OC)Cc1nc2ccccc2c(=O)[nH]1. The lowest BCUT2D eigenvalue weighted by molar-refractivity contribution is -0.122. The highest BCUT2D eigenvalue weighted by Gasteiger charge is 2.14. The Labute approximate surface area is 174 Å². The van der Waals surface area contributed by atoms with E-state index in [0.717, 1.165) is 11.3 Å². The quantitative estimate of drug-likeness (QED) is 0.528. The molecule has 30 heavy (non-hydrogen) atoms. The lowest BCUT2D eigenvalue weighted by Crippen LogP contribution is -2.39. The van der Waals surface area contributed by atoms with Crippen molar-refractivity contribution in [2.24, 2.45) is 0 Å². The number of H-pyrrole nitrogens is 1. The van der Waals surface area contributed by atoms with Gasteiger partial charge in [-0.05, 0) is 18.2 Å². The monoisotopic (exact) mass is 410 g/mol. The molecule has 0 aliphatic heterocycles. The van der Waals surface area contributed by atoms with E-state index >= 15 is 0 Å². The number of amides is 1. The van der Waals surface area contributed by atoms with Crippen LogP contribution in [0.15, 0.2) is 53.3 Å². The van der Waals surface area contributed by atoms with Crippen LogP contribution in [0.3, 0.4) is 0 Å². The van der Waals surface area contributed by atoms with Crippen LogP contribution >= 0.6 is 0 Å². The second kappa shape index (κ2) is 10.5. The number of aromatic nitrogens is 2. The minimum absolute atomic E-state index is 0.139. The van der Waals surface area contributed by atoms with Gasteiger partial charge in [-0.2, -0.15) is 0 Å². The van der Waals surface area contributed by atoms with Crippen LogP contribution in [0.4, 0.5) is 0 Å². The van der Waals surface area contributed by atoms with Crippen molar-refractivity contribution in [1.29, 1.82) is 0 Å². The zero-order chi connectivity index (χ0) is 21.3. The van der Waals surface area contributed by atoms with E-state index in [4.69, 9.17) is 9.47 Å². The molecule has 2 N–H and O–H groups in total. The fourth-order valence-corrected chi connectivity index (χ4v) is 3.16. The number of benzene rings is 2. The largest absolute Gasteiger partial charge is 0.496 e. The Morgan fingerprint density at radius 3 is 2.70 bits per heavy atom. The zero-order valence-electron chi connectivity index (χ0n) is 17.2. The number of carbonyl (C=O) groups is 1. The van der Waals surface area contributed by atoms with Gasteiger partial charge in [-0.1, -0.05) is 30.3 Å². The number of hydrogen-bond donors (Lipinski definition) is 2. The minimum atomic E-state index is -0.192. The first kappa shape index (κ1) is 21.5. The number of rotatable bonds is 10. The van der Waals surface area contributed by atoms with E-state index in [1.165, 1.54) is 0 Å². The van der Waals surface area contributed by atoms with Gasteiger partial charge in [0, 0.05) is 25.8 Å². The van der Waals surface area contributed by atoms with E-state index in [9.17, 15) is 9.59 Å². The van der Waals surface area contributed by atoms with Crippen LogP contribution in [0.1, 0.15) is 11.4 Å². The summed E-state index contributed by atoms with van der Waals surface area (Å²) in [5, 5.41) is 3.45. The van der Waals surface area contributed by atoms with Crippen LogP contribution < -0.4 is 15.6 Å². The van der Waals surface area contributed by atoms with Crippen LogP contribution in [-0.2, 0) is 22.6 Å². The van der Waals surface area contributed by atoms with Gasteiger partial charge in [0.15, 0.2) is 0 Å². The van der Waals surface area contributed by atoms with Gasteiger partial charge in [0.2, 0.25) is 5.91 Å². The smallest absolute Gasteiger partial charge is 0.258 e. The molecule has 1 aromatic heterocycles. The molecule has 1 amide bonds. The van der Waals surface area contributed by atoms with Crippen molar-refractivity contribution in [2.75, 3.05) is 33.9 Å². The Morgan fingerprint density at radius 2 is 1.90 bits per heavy atom. The number of ether oxygens (including phenoxy) is 2. The molecule has 0 atom stereocenters. The fourth-order valence-electron chi connectivity index (χ4n) is 3.16. The van der Waals surface area contributed by atoms with Crippen LogP contribution in [0.2, 0.25) is 0 Å². The van der Waals surface area contributed by atoms with Crippen molar-refractivity contribution < 1.29 is 14.3 Å². The summed E-state index contributed by atoms with van der Waals surface area (Å²) in [6.45, 7) is 1.82. The van der Waals surface area contributed by atoms with Crippen molar-refractivity contribution in [3.8, 4) is 5.75 Å². The fraction of sp³-hybridized carbons (Fsp3) is 0.318. The lowest BCUT2D eigenvalue weighted by Gasteiger charge is -2.21. The maximum absolute atomic E-state index is 12.5. The number of carbonyl (C=O) groups excluding carboxylic acids is 1. The van der Waals surface area contributed by atoms with Gasteiger partial charge in [-0.15, -0.1) is 0 Å². The van der Waals surface area contributed by atoms with E-state index in [1.807, 2.05) is 35.2 Å². The molecular formula is C22H26N4O4. The normalized spacial score (nSPS) is 11.0. The summed E-state index contributed by atoms with van der Waals surface area (Å²) in [5.41, 5.74) is 1.34. The molecule has 0 unspecified atom stereocenters. The van der Waals surface area contributed by atoms with Crippen molar-refractivity contribution >= 4 is 16.8 Å². The summed E-state index contributed by atoms with van der Waals surface area (Å²) in [7, 11) is 3.21. The molecule has 0 aliphatic rings. The Bertz CT molecular complexity index is 1050. The Hall–Kier alpha value is -3.23. The molecule has 158 valence electrons. The predicted octanol–water partition coefficient (Wildman–Crippen LogP) is 1.70. The Morgan fingerprint density at radius 1 is 1.13 bits per heavy atom. The van der Waals surface area contributed by atoms with Crippen LogP contribution in [0.25, 0.3) is 10.9 Å². The predicted molar refractivity (Wildman–Crippen MR) is 114 cm³/mol. The first-order valence-corrected chi connectivity index (χ1v) is 9.68. The van der Waals surface area contributed by atoms with Crippen molar-refractivity contribution in [1.82, 2.24) is 20.2 Å². The third-order valence-corrected chi connectivity index (χ3v) is 4.68. The molecule has 0 radical (unpaired) electrons. The van der Waals surface area contributed by atoms with Gasteiger partial charge in [-0.25, -0.2) is 4.98 Å². The number of methoxy groups -OCH3 is 2. The van der Waals surface area contributed by atoms with E-state index < -0.39 is 0 Å². The molecular weight excluding hydrogens is 384 g/mol. The first-order chi connectivity index (χ1) is 14.6. The van der Waals surface area contributed by atoms with Crippen molar-refractivity contribution in [3.05, 3.63) is 70.3 Å². The van der Waals surface area contributed by atoms with E-state index in [-0.39, 0.29) is 18.0 Å². The van der Waals surface area contributed by atoms with Crippen LogP contribution in [-0.4, -0.2) is 54.7 Å². The summed E-state index contributed by atoms with van der Waals surface area (Å²) in [4.78, 5) is 34.0. The van der Waals surface area contributed by atoms with Gasteiger partial charge in [-0.3, -0.25) is 14.5 Å². The minimum Gasteiger partial charge on any atom is -0.496 e. The van der Waals surface area contributed by atoms with Crippen LogP contribution in [0, 0.1) is 0 Å². The second-order valence-corrected chi connectivity index (χ2v) is 6.82. The molecule has 2 aromatic carbocycles. The topological polar surface area (TPSA) is 96.5 Å². The van der Waals surface area contributed by atoms with E-state index in [0.29, 0.717) is 43.0 Å². The molecule has 3 aromatic rings. The van der Waals surface area contributed by atoms with E-state index in [1.54, 1.807) is 32.4 Å². The highest BCUT2D eigenvalue weighted by molar-refractivity contribution is 5.78. The average Bonchev–Trinajstić information content (AvgIpc) is 2.76. The molecule has 3 rings (SSSR count). The molecule has 0 spiro atoms. The van der Waals surface area contributed by atoms with Gasteiger partial charge < -0.3 is 19.8 Å². The molecule has 0 aliphatic carbocycles. The van der Waals surface area contributed by atoms with Gasteiger partial charge in [0.1, 0.15) is 11.6 Å². The van der Waals surface area contributed by atoms with Gasteiger partial charge >= 0.3 is 0 Å². The standard InChI is InChI=1S/C22H26N4O4/c1-29-12-11-26(14-20-24-18-9-5-4-8-17(18)22(28)25-20)15-21(27)23-13-16-7-3-6-10-19(16)30-2/h3-10H,11-15H2,1-2H3,(H,23,27)(H,24,25,28). The van der Waals surface area contributed by atoms with Crippen LogP contribution in [0.5, 0.6) is 5.75 Å². The third kappa shape index (κ3) is 5.65. The first-order valence-electron chi connectivity index (χ1n) is 9.68. The van der Waals surface area contributed by atoms with Crippen molar-refractivity contribution in [3.63, 3.8) is 0 Å². The number of fused-ring (bicyclic) bond motifs is 1. The molecule has 0 fully saturated rings. The lowest BCUT2D eigenvalue weighted by atomic mass is 10.2. The summed E-state index contributed by atoms with van der Waals surface area (Å²) in [6, 6.07) is 14.7. The molecule has 0 saturated heterocycles. The van der Waals surface area contributed by atoms with Gasteiger partial charge in [0.05, 0.1) is 37.7 Å². The highest BCUT2D eigenvalue weighted by atomic mass is 16.5. The Balaban J connectivity index is 1.67. The molecule has 0 saturated carbocycles. The molecule has 8 nitrogen and oxygen atoms in total. The Kier molecular flexibility index (Phi) is 7.53. The maximum atomic E-state index is 12.5. The van der Waals surface area contributed by atoms with Gasteiger partial charge in [0.25, 0.3) is 5.56 Å². The number of nitrogens with zero attached hydrogens (tertiary/aromatic N) is 2. The molecule has 1 heterocycles. The molecule has 0 bridgehead atoms. The van der Waals surface area contributed by atoms with Crippen molar-refractivity contribution in [2.45, 2.75) is 13.1 Å². The summed E-state index contributed by atoms with van der Waals surface area (Å²) >= 11 is 0. The summed E-state index contributed by atoms with van der Waals surface area (Å²) in [6.07, 6.45) is 0. The summed E-state index contributed by atoms with van der Waals surface area (Å²) < 4.78 is 10.5. The summed E-state index contributed by atoms with van der Waals surface area (Å²) in [5.74, 6) is 1.10. The average molecular weight is 410 g/mol. The molecule has 8 heteroatoms. The van der Waals surface area contributed by atoms with E-state index in [2.05, 4.69) is 15.3 Å². The highest BCUT2D eigenvalue weighted by Crippen LogP contribution is 2.16.